The Hall–Kier alpha value is -3.26. The molecule has 1 aliphatic heterocycles. The monoisotopic (exact) mass is 449 g/mol. The van der Waals surface area contributed by atoms with Gasteiger partial charge in [-0.1, -0.05) is 18.2 Å². The van der Waals surface area contributed by atoms with Gasteiger partial charge in [0.1, 0.15) is 6.61 Å². The molecule has 1 aliphatic rings. The normalized spacial score (nSPS) is 14.6. The predicted octanol–water partition coefficient (Wildman–Crippen LogP) is 3.06. The molecule has 174 valence electrons. The van der Waals surface area contributed by atoms with Crippen LogP contribution in [0.3, 0.4) is 0 Å². The fourth-order valence-electron chi connectivity index (χ4n) is 4.53. The summed E-state index contributed by atoms with van der Waals surface area (Å²) >= 11 is 0. The van der Waals surface area contributed by atoms with Crippen LogP contribution in [0.25, 0.3) is 10.9 Å². The van der Waals surface area contributed by atoms with Crippen LogP contribution < -0.4 is 4.90 Å². The highest BCUT2D eigenvalue weighted by atomic mass is 16.5. The van der Waals surface area contributed by atoms with Crippen LogP contribution in [-0.4, -0.2) is 64.5 Å². The van der Waals surface area contributed by atoms with E-state index in [4.69, 9.17) is 4.74 Å². The van der Waals surface area contributed by atoms with Gasteiger partial charge in [0.25, 0.3) is 0 Å². The van der Waals surface area contributed by atoms with Gasteiger partial charge in [-0.2, -0.15) is 0 Å². The average molecular weight is 450 g/mol. The van der Waals surface area contributed by atoms with Crippen LogP contribution in [-0.2, 0) is 23.1 Å². The number of ether oxygens (including phenoxy) is 1. The summed E-state index contributed by atoms with van der Waals surface area (Å²) in [6.45, 7) is 4.71. The van der Waals surface area contributed by atoms with Crippen LogP contribution >= 0.6 is 0 Å². The molecule has 33 heavy (non-hydrogen) atoms. The van der Waals surface area contributed by atoms with Gasteiger partial charge in [0.15, 0.2) is 5.78 Å². The number of piperidine rings is 1. The molecule has 0 saturated carbocycles. The summed E-state index contributed by atoms with van der Waals surface area (Å²) in [5.41, 5.74) is 2.82. The van der Waals surface area contributed by atoms with E-state index in [0.29, 0.717) is 24.0 Å². The highest BCUT2D eigenvalue weighted by Crippen LogP contribution is 2.25. The fourth-order valence-corrected chi connectivity index (χ4v) is 4.53. The number of ketones is 1. The number of carbonyl (C=O) groups is 2. The number of aromatic nitrogens is 3. The second-order valence-corrected chi connectivity index (χ2v) is 8.74. The third kappa shape index (κ3) is 5.22. The number of Topliss-reactive ketones (excluding diaryl/α,β-unsaturated/α-hetero) is 1. The zero-order valence-corrected chi connectivity index (χ0v) is 19.5. The maximum absolute atomic E-state index is 12.4. The number of nitrogens with zero attached hydrogens (tertiary/aromatic N) is 5. The first-order valence-corrected chi connectivity index (χ1v) is 11.3. The lowest BCUT2D eigenvalue weighted by atomic mass is 9.96. The molecule has 8 nitrogen and oxygen atoms in total. The Kier molecular flexibility index (Phi) is 7.03. The number of aryl methyl sites for hydroxylation is 1. The van der Waals surface area contributed by atoms with E-state index in [1.54, 1.807) is 19.3 Å². The molecule has 0 N–H and O–H groups in total. The molecule has 0 radical (unpaired) electrons. The molecular formula is C25H31N5O3. The molecule has 0 bridgehead atoms. The van der Waals surface area contributed by atoms with Crippen LogP contribution in [0, 0.1) is 5.92 Å². The van der Waals surface area contributed by atoms with Gasteiger partial charge in [-0.05, 0) is 30.4 Å². The number of hydrogen-bond acceptors (Lipinski definition) is 6. The van der Waals surface area contributed by atoms with Gasteiger partial charge in [0, 0.05) is 76.8 Å². The molecule has 0 aliphatic carbocycles. The van der Waals surface area contributed by atoms with Gasteiger partial charge in [-0.25, -0.2) is 9.97 Å². The molecule has 0 spiro atoms. The Morgan fingerprint density at radius 1 is 1.15 bits per heavy atom. The minimum atomic E-state index is -0.127. The van der Waals surface area contributed by atoms with Crippen LogP contribution in [0.1, 0.15) is 35.7 Å². The van der Waals surface area contributed by atoms with E-state index in [2.05, 4.69) is 37.8 Å². The van der Waals surface area contributed by atoms with Crippen LogP contribution in [0.4, 0.5) is 5.95 Å². The highest BCUT2D eigenvalue weighted by molar-refractivity contribution is 5.96. The SMILES string of the molecule is COCC(=O)c1cnc(N2CCC(CN(Cc3cn(C)c4ccccc34)C(C)=O)CC2)nc1. The fraction of sp³-hybridized carbons (Fsp3) is 0.440. The number of carbonyl (C=O) groups excluding carboxylic acids is 2. The number of rotatable bonds is 8. The Morgan fingerprint density at radius 2 is 1.85 bits per heavy atom. The zero-order valence-electron chi connectivity index (χ0n) is 19.5. The number of fused-ring (bicyclic) bond motifs is 1. The molecule has 8 heteroatoms. The number of hydrogen-bond donors (Lipinski definition) is 0. The van der Waals surface area contributed by atoms with Crippen LogP contribution in [0.5, 0.6) is 0 Å². The summed E-state index contributed by atoms with van der Waals surface area (Å²) in [5, 5.41) is 1.20. The molecule has 1 fully saturated rings. The summed E-state index contributed by atoms with van der Waals surface area (Å²) < 4.78 is 7.00. The summed E-state index contributed by atoms with van der Waals surface area (Å²) in [5.74, 6) is 1.05. The van der Waals surface area contributed by atoms with Crippen molar-refractivity contribution in [3.63, 3.8) is 0 Å². The molecule has 1 aromatic carbocycles. The van der Waals surface area contributed by atoms with Crippen molar-refractivity contribution in [1.29, 1.82) is 0 Å². The van der Waals surface area contributed by atoms with Crippen molar-refractivity contribution in [2.75, 3.05) is 38.3 Å². The molecule has 0 unspecified atom stereocenters. The van der Waals surface area contributed by atoms with Gasteiger partial charge in [-0.15, -0.1) is 0 Å². The molecule has 0 atom stereocenters. The number of benzene rings is 1. The van der Waals surface area contributed by atoms with Crippen LogP contribution in [0.15, 0.2) is 42.9 Å². The van der Waals surface area contributed by atoms with Gasteiger partial charge in [0.2, 0.25) is 11.9 Å². The Balaban J connectivity index is 1.36. The van der Waals surface area contributed by atoms with Crippen molar-refractivity contribution in [3.8, 4) is 0 Å². The topological polar surface area (TPSA) is 80.6 Å². The average Bonchev–Trinajstić information content (AvgIpc) is 3.15. The van der Waals surface area contributed by atoms with Crippen LogP contribution in [0.2, 0.25) is 0 Å². The van der Waals surface area contributed by atoms with E-state index in [0.717, 1.165) is 32.5 Å². The van der Waals surface area contributed by atoms with Crippen molar-refractivity contribution in [2.24, 2.45) is 13.0 Å². The quantitative estimate of drug-likeness (QED) is 0.492. The molecule has 1 amide bonds. The zero-order chi connectivity index (χ0) is 23.4. The molecule has 1 saturated heterocycles. The van der Waals surface area contributed by atoms with Crippen molar-refractivity contribution >= 4 is 28.5 Å². The lowest BCUT2D eigenvalue weighted by molar-refractivity contribution is -0.130. The second-order valence-electron chi connectivity index (χ2n) is 8.74. The maximum Gasteiger partial charge on any atom is 0.225 e. The molecular weight excluding hydrogens is 418 g/mol. The summed E-state index contributed by atoms with van der Waals surface area (Å²) in [6, 6.07) is 8.31. The van der Waals surface area contributed by atoms with E-state index in [-0.39, 0.29) is 18.3 Å². The predicted molar refractivity (Wildman–Crippen MR) is 127 cm³/mol. The lowest BCUT2D eigenvalue weighted by Gasteiger charge is -2.34. The minimum absolute atomic E-state index is 0.0273. The van der Waals surface area contributed by atoms with E-state index >= 15 is 0 Å². The number of methoxy groups -OCH3 is 1. The van der Waals surface area contributed by atoms with E-state index in [1.165, 1.54) is 23.6 Å². The van der Waals surface area contributed by atoms with Gasteiger partial charge < -0.3 is 19.1 Å². The first-order chi connectivity index (χ1) is 16.0. The Labute approximate surface area is 194 Å². The molecule has 3 heterocycles. The van der Waals surface area contributed by atoms with E-state index in [1.807, 2.05) is 24.1 Å². The third-order valence-corrected chi connectivity index (χ3v) is 6.40. The third-order valence-electron chi connectivity index (χ3n) is 6.40. The van der Waals surface area contributed by atoms with Crippen molar-refractivity contribution < 1.29 is 14.3 Å². The first kappa shape index (κ1) is 22.9. The number of anilines is 1. The largest absolute Gasteiger partial charge is 0.377 e. The van der Waals surface area contributed by atoms with Gasteiger partial charge in [0.05, 0.1) is 5.56 Å². The summed E-state index contributed by atoms with van der Waals surface area (Å²) in [7, 11) is 3.54. The molecule has 4 rings (SSSR count). The number of para-hydroxylation sites is 1. The van der Waals surface area contributed by atoms with Crippen molar-refractivity contribution in [3.05, 3.63) is 54.0 Å². The lowest BCUT2D eigenvalue weighted by Crippen LogP contribution is -2.40. The molecule has 3 aromatic rings. The second kappa shape index (κ2) is 10.1. The minimum Gasteiger partial charge on any atom is -0.377 e. The van der Waals surface area contributed by atoms with Crippen molar-refractivity contribution in [2.45, 2.75) is 26.3 Å². The highest BCUT2D eigenvalue weighted by Gasteiger charge is 2.24. The van der Waals surface area contributed by atoms with Gasteiger partial charge >= 0.3 is 0 Å². The summed E-state index contributed by atoms with van der Waals surface area (Å²) in [4.78, 5) is 37.2. The summed E-state index contributed by atoms with van der Waals surface area (Å²) in [6.07, 6.45) is 7.19. The Morgan fingerprint density at radius 3 is 2.52 bits per heavy atom. The maximum atomic E-state index is 12.4. The van der Waals surface area contributed by atoms with Crippen molar-refractivity contribution in [1.82, 2.24) is 19.4 Å². The first-order valence-electron chi connectivity index (χ1n) is 11.3. The molecule has 2 aromatic heterocycles. The standard InChI is InChI=1S/C25H31N5O3/c1-18(31)30(16-21-15-28(2)23-7-5-4-6-22(21)23)14-19-8-10-29(11-9-19)25-26-12-20(13-27-25)24(32)17-33-3/h4-7,12-13,15,19H,8-11,14,16-17H2,1-3H3. The smallest absolute Gasteiger partial charge is 0.225 e. The van der Waals surface area contributed by atoms with E-state index in [9.17, 15) is 9.59 Å². The Bertz CT molecular complexity index is 1120. The van der Waals surface area contributed by atoms with E-state index < -0.39 is 0 Å². The number of amides is 1. The van der Waals surface area contributed by atoms with Gasteiger partial charge in [-0.3, -0.25) is 9.59 Å².